The topological polar surface area (TPSA) is 46.9 Å². The molecule has 28 heavy (non-hydrogen) atoms. The monoisotopic (exact) mass is 374 g/mol. The van der Waals surface area contributed by atoms with Crippen LogP contribution in [0.3, 0.4) is 0 Å². The molecule has 0 aliphatic carbocycles. The lowest BCUT2D eigenvalue weighted by Gasteiger charge is -2.35. The Balaban J connectivity index is 1.31. The van der Waals surface area contributed by atoms with E-state index in [1.165, 1.54) is 5.69 Å². The summed E-state index contributed by atoms with van der Waals surface area (Å²) in [7, 11) is 0. The van der Waals surface area contributed by atoms with E-state index >= 15 is 0 Å². The first kappa shape index (κ1) is 18.0. The number of hydrogen-bond acceptors (Lipinski definition) is 3. The molecular weight excluding hydrogens is 350 g/mol. The molecule has 1 fully saturated rings. The number of hydrogen-bond donors (Lipinski definition) is 0. The normalized spacial score (nSPS) is 14.0. The molecule has 5 heteroatoms. The molecule has 1 amide bonds. The number of aromatic nitrogens is 1. The Morgan fingerprint density at radius 2 is 1.54 bits per heavy atom. The summed E-state index contributed by atoms with van der Waals surface area (Å²) in [6, 6.07) is 21.6. The Hall–Kier alpha value is -3.34. The number of carbonyl (C=O) groups is 1. The van der Waals surface area contributed by atoms with Crippen molar-refractivity contribution in [2.75, 3.05) is 31.1 Å². The third kappa shape index (κ3) is 4.31. The van der Waals surface area contributed by atoms with Crippen LogP contribution in [-0.2, 0) is 6.61 Å². The van der Waals surface area contributed by atoms with Gasteiger partial charge in [0, 0.05) is 49.6 Å². The van der Waals surface area contributed by atoms with E-state index in [0.29, 0.717) is 12.2 Å². The summed E-state index contributed by atoms with van der Waals surface area (Å²) in [4.78, 5) is 20.1. The van der Waals surface area contributed by atoms with Crippen molar-refractivity contribution in [3.8, 4) is 5.75 Å². The van der Waals surface area contributed by atoms with Crippen LogP contribution in [0.1, 0.15) is 15.9 Å². The molecule has 0 radical (unpaired) electrons. The smallest absolute Gasteiger partial charge is 0.253 e. The van der Waals surface area contributed by atoms with Crippen LogP contribution in [0, 0.1) is 0 Å². The molecule has 1 N–H and O–H groups in total. The quantitative estimate of drug-likeness (QED) is 0.690. The number of benzene rings is 2. The van der Waals surface area contributed by atoms with Crippen LogP contribution in [0.5, 0.6) is 5.75 Å². The zero-order chi connectivity index (χ0) is 19.2. The number of H-pyrrole nitrogens is 1. The largest absolute Gasteiger partial charge is 0.489 e. The van der Waals surface area contributed by atoms with E-state index in [1.54, 1.807) is 0 Å². The van der Waals surface area contributed by atoms with E-state index in [2.05, 4.69) is 22.0 Å². The Labute approximate surface area is 165 Å². The van der Waals surface area contributed by atoms with Gasteiger partial charge < -0.3 is 14.5 Å². The SMILES string of the molecule is O=C(c1ccc(OCc2ccccc2)cc1)N1CCN(c2cc[nH+]cc2)CC1. The Kier molecular flexibility index (Phi) is 5.52. The second kappa shape index (κ2) is 8.57. The van der Waals surface area contributed by atoms with Gasteiger partial charge in [0.15, 0.2) is 12.4 Å². The number of carbonyl (C=O) groups excluding carboxylic acids is 1. The number of ether oxygens (including phenoxy) is 1. The van der Waals surface area contributed by atoms with Gasteiger partial charge in [-0.05, 0) is 29.8 Å². The number of amides is 1. The van der Waals surface area contributed by atoms with E-state index in [1.807, 2.05) is 71.9 Å². The molecule has 4 rings (SSSR count). The molecule has 1 aliphatic rings. The molecule has 2 heterocycles. The molecule has 5 nitrogen and oxygen atoms in total. The molecule has 0 bridgehead atoms. The average Bonchev–Trinajstić information content (AvgIpc) is 2.79. The summed E-state index contributed by atoms with van der Waals surface area (Å²) >= 11 is 0. The summed E-state index contributed by atoms with van der Waals surface area (Å²) < 4.78 is 5.80. The average molecular weight is 374 g/mol. The molecule has 1 aromatic heterocycles. The van der Waals surface area contributed by atoms with Gasteiger partial charge in [0.25, 0.3) is 5.91 Å². The summed E-state index contributed by atoms with van der Waals surface area (Å²) in [5.74, 6) is 0.849. The number of piperazine rings is 1. The highest BCUT2D eigenvalue weighted by Gasteiger charge is 2.22. The van der Waals surface area contributed by atoms with Crippen LogP contribution in [0.15, 0.2) is 79.1 Å². The van der Waals surface area contributed by atoms with E-state index in [-0.39, 0.29) is 5.91 Å². The standard InChI is InChI=1S/C23H23N3O2/c27-23(26-16-14-25(15-17-26)21-10-12-24-13-11-21)20-6-8-22(9-7-20)28-18-19-4-2-1-3-5-19/h1-13H,14-18H2/p+1. The summed E-state index contributed by atoms with van der Waals surface area (Å²) in [6.07, 6.45) is 3.85. The van der Waals surface area contributed by atoms with E-state index in [0.717, 1.165) is 37.5 Å². The van der Waals surface area contributed by atoms with E-state index in [4.69, 9.17) is 4.74 Å². The summed E-state index contributed by atoms with van der Waals surface area (Å²) in [5.41, 5.74) is 3.01. The van der Waals surface area contributed by atoms with Gasteiger partial charge in [-0.1, -0.05) is 30.3 Å². The van der Waals surface area contributed by atoms with Crippen LogP contribution in [0.4, 0.5) is 5.69 Å². The van der Waals surface area contributed by atoms with Crippen LogP contribution < -0.4 is 14.6 Å². The van der Waals surface area contributed by atoms with Crippen molar-refractivity contribution in [3.63, 3.8) is 0 Å². The van der Waals surface area contributed by atoms with Gasteiger partial charge in [0.05, 0.1) is 0 Å². The van der Waals surface area contributed by atoms with Gasteiger partial charge in [-0.25, -0.2) is 4.98 Å². The number of nitrogens with zero attached hydrogens (tertiary/aromatic N) is 2. The van der Waals surface area contributed by atoms with Crippen molar-refractivity contribution in [1.82, 2.24) is 4.90 Å². The third-order valence-electron chi connectivity index (χ3n) is 4.98. The number of nitrogens with one attached hydrogen (secondary N) is 1. The van der Waals surface area contributed by atoms with Crippen LogP contribution >= 0.6 is 0 Å². The Morgan fingerprint density at radius 3 is 2.21 bits per heavy atom. The van der Waals surface area contributed by atoms with Gasteiger partial charge in [-0.2, -0.15) is 0 Å². The predicted octanol–water partition coefficient (Wildman–Crippen LogP) is 3.04. The van der Waals surface area contributed by atoms with Crippen LogP contribution in [0.25, 0.3) is 0 Å². The number of anilines is 1. The van der Waals surface area contributed by atoms with Crippen molar-refractivity contribution < 1.29 is 14.5 Å². The molecule has 0 saturated carbocycles. The lowest BCUT2D eigenvalue weighted by Crippen LogP contribution is -2.48. The van der Waals surface area contributed by atoms with Crippen LogP contribution in [-0.4, -0.2) is 37.0 Å². The maximum atomic E-state index is 12.8. The first-order valence-electron chi connectivity index (χ1n) is 9.57. The van der Waals surface area contributed by atoms with Crippen molar-refractivity contribution >= 4 is 11.6 Å². The molecule has 0 spiro atoms. The maximum absolute atomic E-state index is 12.8. The molecule has 142 valence electrons. The van der Waals surface area contributed by atoms with Crippen molar-refractivity contribution in [2.45, 2.75) is 6.61 Å². The minimum absolute atomic E-state index is 0.0793. The van der Waals surface area contributed by atoms with Gasteiger partial charge in [0.1, 0.15) is 12.4 Å². The maximum Gasteiger partial charge on any atom is 0.253 e. The highest BCUT2D eigenvalue weighted by molar-refractivity contribution is 5.94. The molecule has 2 aromatic carbocycles. The molecule has 1 saturated heterocycles. The Bertz CT molecular complexity index is 890. The van der Waals surface area contributed by atoms with E-state index in [9.17, 15) is 4.79 Å². The molecule has 0 unspecified atom stereocenters. The number of rotatable bonds is 5. The second-order valence-electron chi connectivity index (χ2n) is 6.84. The molecular formula is C23H24N3O2+. The van der Waals surface area contributed by atoms with Gasteiger partial charge in [-0.3, -0.25) is 4.79 Å². The second-order valence-corrected chi connectivity index (χ2v) is 6.84. The Morgan fingerprint density at radius 1 is 0.857 bits per heavy atom. The summed E-state index contributed by atoms with van der Waals surface area (Å²) in [6.45, 7) is 3.66. The van der Waals surface area contributed by atoms with Crippen molar-refractivity contribution in [1.29, 1.82) is 0 Å². The fraction of sp³-hybridized carbons (Fsp3) is 0.217. The van der Waals surface area contributed by atoms with Crippen molar-refractivity contribution in [2.24, 2.45) is 0 Å². The third-order valence-corrected chi connectivity index (χ3v) is 4.98. The predicted molar refractivity (Wildman–Crippen MR) is 108 cm³/mol. The fourth-order valence-corrected chi connectivity index (χ4v) is 3.37. The zero-order valence-corrected chi connectivity index (χ0v) is 15.8. The van der Waals surface area contributed by atoms with Crippen molar-refractivity contribution in [3.05, 3.63) is 90.3 Å². The molecule has 3 aromatic rings. The fourth-order valence-electron chi connectivity index (χ4n) is 3.37. The first-order valence-corrected chi connectivity index (χ1v) is 9.57. The van der Waals surface area contributed by atoms with Gasteiger partial charge >= 0.3 is 0 Å². The lowest BCUT2D eigenvalue weighted by molar-refractivity contribution is -0.377. The van der Waals surface area contributed by atoms with E-state index < -0.39 is 0 Å². The zero-order valence-electron chi connectivity index (χ0n) is 15.8. The minimum atomic E-state index is 0.0793. The summed E-state index contributed by atoms with van der Waals surface area (Å²) in [5, 5.41) is 0. The first-order chi connectivity index (χ1) is 13.8. The van der Waals surface area contributed by atoms with Crippen LogP contribution in [0.2, 0.25) is 0 Å². The molecule has 1 aliphatic heterocycles. The van der Waals surface area contributed by atoms with Gasteiger partial charge in [-0.15, -0.1) is 0 Å². The minimum Gasteiger partial charge on any atom is -0.489 e. The highest BCUT2D eigenvalue weighted by Crippen LogP contribution is 2.18. The molecule has 0 atom stereocenters. The lowest BCUT2D eigenvalue weighted by atomic mass is 10.1. The number of aromatic amines is 1. The van der Waals surface area contributed by atoms with Gasteiger partial charge in [0.2, 0.25) is 0 Å². The number of pyridine rings is 1. The highest BCUT2D eigenvalue weighted by atomic mass is 16.5.